The molecule has 1 aliphatic heterocycles. The summed E-state index contributed by atoms with van der Waals surface area (Å²) in [5.74, 6) is 1.28. The van der Waals surface area contributed by atoms with Gasteiger partial charge in [-0.3, -0.25) is 9.59 Å². The van der Waals surface area contributed by atoms with E-state index >= 15 is 0 Å². The van der Waals surface area contributed by atoms with Crippen molar-refractivity contribution < 1.29 is 14.7 Å². The van der Waals surface area contributed by atoms with Crippen LogP contribution in [0.25, 0.3) is 0 Å². The minimum atomic E-state index is -0.817. The molecule has 1 saturated heterocycles. The Labute approximate surface area is 125 Å². The highest BCUT2D eigenvalue weighted by Gasteiger charge is 2.40. The zero-order valence-electron chi connectivity index (χ0n) is 12.0. The van der Waals surface area contributed by atoms with Crippen molar-refractivity contribution in [2.24, 2.45) is 5.41 Å². The van der Waals surface area contributed by atoms with E-state index in [0.717, 1.165) is 44.3 Å². The van der Waals surface area contributed by atoms with E-state index < -0.39 is 11.4 Å². The largest absolute Gasteiger partial charge is 0.481 e. The van der Waals surface area contributed by atoms with E-state index in [0.29, 0.717) is 12.8 Å². The fourth-order valence-corrected chi connectivity index (χ4v) is 4.38. The first-order valence-electron chi connectivity index (χ1n) is 7.73. The zero-order valence-corrected chi connectivity index (χ0v) is 12.8. The van der Waals surface area contributed by atoms with Gasteiger partial charge in [-0.15, -0.1) is 0 Å². The average Bonchev–Trinajstić information content (AvgIpc) is 2.66. The summed E-state index contributed by atoms with van der Waals surface area (Å²) in [7, 11) is 0. The van der Waals surface area contributed by atoms with Crippen LogP contribution in [0.4, 0.5) is 0 Å². The molecule has 2 fully saturated rings. The summed E-state index contributed by atoms with van der Waals surface area (Å²) < 4.78 is 0. The van der Waals surface area contributed by atoms with E-state index in [4.69, 9.17) is 0 Å². The van der Waals surface area contributed by atoms with Gasteiger partial charge in [0.1, 0.15) is 0 Å². The molecule has 0 spiro atoms. The molecule has 0 radical (unpaired) electrons. The second-order valence-electron chi connectivity index (χ2n) is 6.16. The Hall–Kier alpha value is -0.710. The maximum atomic E-state index is 12.2. The summed E-state index contributed by atoms with van der Waals surface area (Å²) >= 11 is 1.87. The third-order valence-corrected chi connectivity index (χ3v) is 5.75. The Morgan fingerprint density at radius 1 is 1.15 bits per heavy atom. The second-order valence-corrected chi connectivity index (χ2v) is 7.31. The Morgan fingerprint density at radius 3 is 2.40 bits per heavy atom. The van der Waals surface area contributed by atoms with Crippen molar-refractivity contribution in [2.75, 3.05) is 11.5 Å². The SMILES string of the molecule is O=C(CC1(C(=O)O)CCCCCC1)NC1CCCSC1. The van der Waals surface area contributed by atoms with Crippen LogP contribution in [-0.2, 0) is 9.59 Å². The topological polar surface area (TPSA) is 66.4 Å². The first-order valence-corrected chi connectivity index (χ1v) is 8.88. The first kappa shape index (κ1) is 15.7. The molecule has 0 aromatic rings. The molecule has 2 N–H and O–H groups in total. The molecule has 1 amide bonds. The molecule has 1 unspecified atom stereocenters. The highest BCUT2D eigenvalue weighted by molar-refractivity contribution is 7.99. The maximum absolute atomic E-state index is 12.2. The van der Waals surface area contributed by atoms with Gasteiger partial charge in [-0.05, 0) is 31.4 Å². The van der Waals surface area contributed by atoms with E-state index in [2.05, 4.69) is 5.32 Å². The number of carbonyl (C=O) groups excluding carboxylic acids is 1. The lowest BCUT2D eigenvalue weighted by molar-refractivity contribution is -0.153. The van der Waals surface area contributed by atoms with Crippen LogP contribution in [-0.4, -0.2) is 34.5 Å². The zero-order chi connectivity index (χ0) is 14.4. The summed E-state index contributed by atoms with van der Waals surface area (Å²) in [4.78, 5) is 23.9. The molecule has 114 valence electrons. The van der Waals surface area contributed by atoms with Crippen molar-refractivity contribution in [2.45, 2.75) is 63.8 Å². The van der Waals surface area contributed by atoms with Gasteiger partial charge in [0.05, 0.1) is 5.41 Å². The molecular formula is C15H25NO3S. The fourth-order valence-electron chi connectivity index (χ4n) is 3.31. The molecule has 1 heterocycles. The van der Waals surface area contributed by atoms with Crippen LogP contribution in [0, 0.1) is 5.41 Å². The Bertz CT molecular complexity index is 345. The van der Waals surface area contributed by atoms with Gasteiger partial charge >= 0.3 is 5.97 Å². The number of carboxylic acids is 1. The van der Waals surface area contributed by atoms with Crippen molar-refractivity contribution >= 4 is 23.6 Å². The molecule has 1 saturated carbocycles. The van der Waals surface area contributed by atoms with Gasteiger partial charge in [0.25, 0.3) is 0 Å². The van der Waals surface area contributed by atoms with Crippen LogP contribution in [0.3, 0.4) is 0 Å². The molecule has 4 nitrogen and oxygen atoms in total. The first-order chi connectivity index (χ1) is 9.62. The van der Waals surface area contributed by atoms with E-state index in [1.807, 2.05) is 11.8 Å². The molecule has 1 aliphatic carbocycles. The van der Waals surface area contributed by atoms with E-state index in [9.17, 15) is 14.7 Å². The standard InChI is InChI=1S/C15H25NO3S/c17-13(16-12-6-5-9-20-11-12)10-15(14(18)19)7-3-1-2-4-8-15/h12H,1-11H2,(H,16,17)(H,18,19). The lowest BCUT2D eigenvalue weighted by Crippen LogP contribution is -2.43. The molecule has 2 aliphatic rings. The maximum Gasteiger partial charge on any atom is 0.310 e. The summed E-state index contributed by atoms with van der Waals surface area (Å²) in [5.41, 5.74) is -0.817. The number of hydrogen-bond acceptors (Lipinski definition) is 3. The second kappa shape index (κ2) is 7.34. The predicted octanol–water partition coefficient (Wildman–Crippen LogP) is 2.81. The van der Waals surface area contributed by atoms with Gasteiger partial charge in [0.15, 0.2) is 0 Å². The van der Waals surface area contributed by atoms with Crippen LogP contribution in [0.5, 0.6) is 0 Å². The molecule has 20 heavy (non-hydrogen) atoms. The van der Waals surface area contributed by atoms with Gasteiger partial charge in [0.2, 0.25) is 5.91 Å². The highest BCUT2D eigenvalue weighted by atomic mass is 32.2. The molecule has 0 bridgehead atoms. The fraction of sp³-hybridized carbons (Fsp3) is 0.867. The van der Waals surface area contributed by atoms with Crippen LogP contribution in [0.2, 0.25) is 0 Å². The molecule has 0 aromatic heterocycles. The van der Waals surface area contributed by atoms with Gasteiger partial charge in [0, 0.05) is 18.2 Å². The van der Waals surface area contributed by atoms with Crippen molar-refractivity contribution in [3.63, 3.8) is 0 Å². The van der Waals surface area contributed by atoms with E-state index in [1.165, 1.54) is 5.75 Å². The molecule has 0 aromatic carbocycles. The summed E-state index contributed by atoms with van der Waals surface area (Å²) in [6, 6.07) is 0.234. The predicted molar refractivity (Wildman–Crippen MR) is 80.9 cm³/mol. The van der Waals surface area contributed by atoms with Gasteiger partial charge in [-0.2, -0.15) is 11.8 Å². The number of amides is 1. The van der Waals surface area contributed by atoms with E-state index in [-0.39, 0.29) is 18.4 Å². The summed E-state index contributed by atoms with van der Waals surface area (Å²) in [6.45, 7) is 0. The number of carbonyl (C=O) groups is 2. The smallest absolute Gasteiger partial charge is 0.310 e. The van der Waals surface area contributed by atoms with Crippen molar-refractivity contribution in [1.29, 1.82) is 0 Å². The van der Waals surface area contributed by atoms with Crippen molar-refractivity contribution in [3.05, 3.63) is 0 Å². The highest BCUT2D eigenvalue weighted by Crippen LogP contribution is 2.38. The molecule has 5 heteroatoms. The summed E-state index contributed by atoms with van der Waals surface area (Å²) in [5, 5.41) is 12.6. The lowest BCUT2D eigenvalue weighted by Gasteiger charge is -2.29. The minimum Gasteiger partial charge on any atom is -0.481 e. The third kappa shape index (κ3) is 4.14. The Balaban J connectivity index is 1.92. The van der Waals surface area contributed by atoms with Gasteiger partial charge in [-0.25, -0.2) is 0 Å². The quantitative estimate of drug-likeness (QED) is 0.783. The number of carboxylic acid groups (broad SMARTS) is 1. The number of hydrogen-bond donors (Lipinski definition) is 2. The van der Waals surface area contributed by atoms with Crippen LogP contribution in [0.1, 0.15) is 57.8 Å². The van der Waals surface area contributed by atoms with Crippen LogP contribution < -0.4 is 5.32 Å². The van der Waals surface area contributed by atoms with E-state index in [1.54, 1.807) is 0 Å². The third-order valence-electron chi connectivity index (χ3n) is 4.54. The van der Waals surface area contributed by atoms with Crippen molar-refractivity contribution in [3.8, 4) is 0 Å². The average molecular weight is 299 g/mol. The lowest BCUT2D eigenvalue weighted by atomic mass is 9.77. The number of thioether (sulfide) groups is 1. The molecule has 1 atom stereocenters. The monoisotopic (exact) mass is 299 g/mol. The Kier molecular flexibility index (Phi) is 5.75. The normalized spacial score (nSPS) is 26.5. The number of nitrogens with one attached hydrogen (secondary N) is 1. The van der Waals surface area contributed by atoms with Gasteiger partial charge < -0.3 is 10.4 Å². The molecular weight excluding hydrogens is 274 g/mol. The van der Waals surface area contributed by atoms with Crippen LogP contribution in [0.15, 0.2) is 0 Å². The van der Waals surface area contributed by atoms with Crippen molar-refractivity contribution in [1.82, 2.24) is 5.32 Å². The minimum absolute atomic E-state index is 0.0678. The summed E-state index contributed by atoms with van der Waals surface area (Å²) in [6.07, 6.45) is 7.66. The number of rotatable bonds is 4. The van der Waals surface area contributed by atoms with Crippen LogP contribution >= 0.6 is 11.8 Å². The molecule has 2 rings (SSSR count). The Morgan fingerprint density at radius 2 is 1.85 bits per heavy atom. The number of aliphatic carboxylic acids is 1. The van der Waals surface area contributed by atoms with Gasteiger partial charge in [-0.1, -0.05) is 25.7 Å².